The van der Waals surface area contributed by atoms with Gasteiger partial charge >= 0.3 is 5.97 Å². The minimum Gasteiger partial charge on any atom is -0.480 e. The molecule has 11 nitrogen and oxygen atoms in total. The van der Waals surface area contributed by atoms with Gasteiger partial charge in [-0.05, 0) is 41.2 Å². The summed E-state index contributed by atoms with van der Waals surface area (Å²) in [7, 11) is 0. The third-order valence-corrected chi connectivity index (χ3v) is 5.79. The summed E-state index contributed by atoms with van der Waals surface area (Å²) in [5, 5.41) is 24.2. The second-order valence-corrected chi connectivity index (χ2v) is 8.41. The Hall–Kier alpha value is -4.28. The van der Waals surface area contributed by atoms with Crippen molar-refractivity contribution in [2.45, 2.75) is 51.6 Å². The lowest BCUT2D eigenvalue weighted by Gasteiger charge is -2.29. The first kappa shape index (κ1) is 26.3. The van der Waals surface area contributed by atoms with E-state index in [2.05, 4.69) is 25.6 Å². The van der Waals surface area contributed by atoms with Gasteiger partial charge in [-0.3, -0.25) is 9.79 Å². The summed E-state index contributed by atoms with van der Waals surface area (Å²) in [5.74, 6) is -0.779. The number of tetrazole rings is 1. The normalized spacial score (nSPS) is 11.6. The monoisotopic (exact) mass is 492 g/mol. The summed E-state index contributed by atoms with van der Waals surface area (Å²) in [6, 6.07) is 14.4. The van der Waals surface area contributed by atoms with Crippen molar-refractivity contribution in [3.63, 3.8) is 0 Å². The third kappa shape index (κ3) is 7.11. The average Bonchev–Trinajstić information content (AvgIpc) is 3.41. The van der Waals surface area contributed by atoms with Crippen LogP contribution in [0.5, 0.6) is 0 Å². The Morgan fingerprint density at radius 2 is 1.81 bits per heavy atom. The number of carboxylic acid groups (broad SMARTS) is 1. The first-order valence-electron chi connectivity index (χ1n) is 11.9. The van der Waals surface area contributed by atoms with Crippen molar-refractivity contribution in [3.8, 4) is 22.5 Å². The molecule has 0 saturated heterocycles. The predicted octanol–water partition coefficient (Wildman–Crippen LogP) is 2.56. The Bertz CT molecular complexity index is 1160. The maximum atomic E-state index is 13.0. The van der Waals surface area contributed by atoms with Gasteiger partial charge in [0.15, 0.2) is 5.96 Å². The van der Waals surface area contributed by atoms with Gasteiger partial charge in [0.2, 0.25) is 11.7 Å². The summed E-state index contributed by atoms with van der Waals surface area (Å²) < 4.78 is 0. The fourth-order valence-electron chi connectivity index (χ4n) is 3.94. The second-order valence-electron chi connectivity index (χ2n) is 8.41. The number of carbonyl (C=O) groups excluding carboxylic acids is 1. The highest BCUT2D eigenvalue weighted by atomic mass is 16.4. The number of aliphatic imine (C=N–C) groups is 1. The zero-order valence-corrected chi connectivity index (χ0v) is 20.3. The molecule has 11 heteroatoms. The van der Waals surface area contributed by atoms with Gasteiger partial charge in [-0.25, -0.2) is 4.79 Å². The van der Waals surface area contributed by atoms with E-state index in [0.717, 1.165) is 28.7 Å². The van der Waals surface area contributed by atoms with Gasteiger partial charge in [-0.1, -0.05) is 61.9 Å². The highest BCUT2D eigenvalue weighted by Gasteiger charge is 2.29. The average molecular weight is 493 g/mol. The molecule has 0 bridgehead atoms. The fraction of sp³-hybridized carbons (Fsp3) is 0.360. The summed E-state index contributed by atoms with van der Waals surface area (Å²) in [5.41, 5.74) is 14.3. The van der Waals surface area contributed by atoms with Gasteiger partial charge in [0.1, 0.15) is 6.04 Å². The fourth-order valence-corrected chi connectivity index (χ4v) is 3.94. The van der Waals surface area contributed by atoms with Crippen LogP contribution in [0.4, 0.5) is 0 Å². The highest BCUT2D eigenvalue weighted by Crippen LogP contribution is 2.30. The molecule has 1 heterocycles. The van der Waals surface area contributed by atoms with E-state index >= 15 is 0 Å². The van der Waals surface area contributed by atoms with E-state index in [9.17, 15) is 14.7 Å². The number of H-pyrrole nitrogens is 1. The molecule has 190 valence electrons. The molecule has 3 rings (SSSR count). The lowest BCUT2D eigenvalue weighted by Crippen LogP contribution is -2.44. The molecule has 0 aliphatic heterocycles. The first-order chi connectivity index (χ1) is 17.4. The number of carbonyl (C=O) groups is 2. The molecular weight excluding hydrogens is 460 g/mol. The molecule has 0 aliphatic rings. The molecule has 0 fully saturated rings. The number of aromatic nitrogens is 4. The van der Waals surface area contributed by atoms with Crippen molar-refractivity contribution in [2.24, 2.45) is 16.5 Å². The molecule has 6 N–H and O–H groups in total. The van der Waals surface area contributed by atoms with Crippen LogP contribution in [0.3, 0.4) is 0 Å². The Kier molecular flexibility index (Phi) is 9.49. The molecule has 3 aromatic rings. The van der Waals surface area contributed by atoms with Crippen molar-refractivity contribution in [3.05, 3.63) is 54.1 Å². The largest absolute Gasteiger partial charge is 0.480 e. The van der Waals surface area contributed by atoms with Crippen molar-refractivity contribution >= 4 is 17.8 Å². The molecule has 36 heavy (non-hydrogen) atoms. The Balaban J connectivity index is 1.82. The van der Waals surface area contributed by atoms with E-state index in [1.54, 1.807) is 0 Å². The van der Waals surface area contributed by atoms with Crippen LogP contribution in [0.1, 0.15) is 44.6 Å². The third-order valence-electron chi connectivity index (χ3n) is 5.79. The Morgan fingerprint density at radius 3 is 2.42 bits per heavy atom. The van der Waals surface area contributed by atoms with Gasteiger partial charge in [-0.15, -0.1) is 10.2 Å². The Morgan fingerprint density at radius 1 is 1.08 bits per heavy atom. The predicted molar refractivity (Wildman–Crippen MR) is 136 cm³/mol. The minimum absolute atomic E-state index is 0.0428. The second kappa shape index (κ2) is 13.0. The quantitative estimate of drug-likeness (QED) is 0.160. The van der Waals surface area contributed by atoms with Crippen molar-refractivity contribution < 1.29 is 14.7 Å². The van der Waals surface area contributed by atoms with Crippen LogP contribution in [0.25, 0.3) is 22.5 Å². The van der Waals surface area contributed by atoms with Crippen LogP contribution >= 0.6 is 0 Å². The van der Waals surface area contributed by atoms with E-state index < -0.39 is 12.0 Å². The summed E-state index contributed by atoms with van der Waals surface area (Å²) in [6.07, 6.45) is 2.53. The van der Waals surface area contributed by atoms with Gasteiger partial charge < -0.3 is 21.5 Å². The van der Waals surface area contributed by atoms with Crippen molar-refractivity contribution in [2.75, 3.05) is 6.54 Å². The molecule has 1 amide bonds. The number of nitrogens with zero attached hydrogens (tertiary/aromatic N) is 5. The maximum Gasteiger partial charge on any atom is 0.326 e. The zero-order chi connectivity index (χ0) is 25.9. The van der Waals surface area contributed by atoms with E-state index in [-0.39, 0.29) is 24.8 Å². The van der Waals surface area contributed by atoms with E-state index in [4.69, 9.17) is 11.5 Å². The summed E-state index contributed by atoms with van der Waals surface area (Å²) >= 11 is 0. The zero-order valence-electron chi connectivity index (χ0n) is 20.3. The van der Waals surface area contributed by atoms with E-state index in [0.29, 0.717) is 31.6 Å². The van der Waals surface area contributed by atoms with Gasteiger partial charge in [0.25, 0.3) is 0 Å². The minimum atomic E-state index is -1.05. The molecule has 0 radical (unpaired) electrons. The maximum absolute atomic E-state index is 13.0. The highest BCUT2D eigenvalue weighted by molar-refractivity contribution is 5.84. The number of carboxylic acids is 1. The SMILES string of the molecule is CCCCC(=O)N(Cc1ccc(-c2ccccc2-c2nn[nH]n2)cc1)C(CCCN=C(N)N)C(=O)O. The molecule has 1 aromatic heterocycles. The number of nitrogens with two attached hydrogens (primary N) is 2. The number of nitrogens with one attached hydrogen (secondary N) is 1. The van der Waals surface area contributed by atoms with Crippen LogP contribution in [-0.4, -0.2) is 61.1 Å². The number of hydrogen-bond acceptors (Lipinski definition) is 6. The molecule has 1 atom stereocenters. The number of rotatable bonds is 13. The number of hydrogen-bond donors (Lipinski definition) is 4. The number of unbranched alkanes of at least 4 members (excludes halogenated alkanes) is 1. The van der Waals surface area contributed by atoms with Crippen LogP contribution < -0.4 is 11.5 Å². The lowest BCUT2D eigenvalue weighted by molar-refractivity contribution is -0.151. The topological polar surface area (TPSA) is 176 Å². The number of guanidine groups is 1. The molecule has 2 aromatic carbocycles. The standard InChI is InChI=1S/C25H32N8O3/c1-2-3-10-22(34)33(21(24(35)36)9-6-15-28-25(26)27)16-17-11-13-18(14-12-17)19-7-4-5-8-20(19)23-29-31-32-30-23/h4-5,7-8,11-14,21H,2-3,6,9-10,15-16H2,1H3,(H,35,36)(H4,26,27,28)(H,29,30,31,32). The molecule has 1 unspecified atom stereocenters. The lowest BCUT2D eigenvalue weighted by atomic mass is 9.98. The van der Waals surface area contributed by atoms with Gasteiger partial charge in [-0.2, -0.15) is 5.21 Å². The van der Waals surface area contributed by atoms with E-state index in [1.807, 2.05) is 55.5 Å². The van der Waals surface area contributed by atoms with Crippen LogP contribution in [0.2, 0.25) is 0 Å². The summed E-state index contributed by atoms with van der Waals surface area (Å²) in [6.45, 7) is 2.48. The first-order valence-corrected chi connectivity index (χ1v) is 11.9. The van der Waals surface area contributed by atoms with Crippen molar-refractivity contribution in [1.29, 1.82) is 0 Å². The smallest absolute Gasteiger partial charge is 0.326 e. The van der Waals surface area contributed by atoms with Crippen molar-refractivity contribution in [1.82, 2.24) is 25.5 Å². The summed E-state index contributed by atoms with van der Waals surface area (Å²) in [4.78, 5) is 30.5. The number of aromatic amines is 1. The van der Waals surface area contributed by atoms with Crippen LogP contribution in [-0.2, 0) is 16.1 Å². The van der Waals surface area contributed by atoms with Gasteiger partial charge in [0, 0.05) is 25.1 Å². The van der Waals surface area contributed by atoms with Gasteiger partial charge in [0.05, 0.1) is 0 Å². The van der Waals surface area contributed by atoms with Crippen LogP contribution in [0, 0.1) is 0 Å². The number of benzene rings is 2. The van der Waals surface area contributed by atoms with E-state index in [1.165, 1.54) is 4.90 Å². The Labute approximate surface area is 209 Å². The molecular formula is C25H32N8O3. The molecule has 0 spiro atoms. The molecule has 0 saturated carbocycles. The molecule has 0 aliphatic carbocycles. The number of aliphatic carboxylic acids is 1. The van der Waals surface area contributed by atoms with Crippen LogP contribution in [0.15, 0.2) is 53.5 Å². The number of amides is 1.